The molecule has 1 rings (SSSR count). The second-order valence-electron chi connectivity index (χ2n) is 2.05. The number of halogens is 2. The van der Waals surface area contributed by atoms with Gasteiger partial charge in [-0.15, -0.1) is 0 Å². The Bertz CT molecular complexity index is 224. The van der Waals surface area contributed by atoms with Crippen LogP contribution in [0.2, 0.25) is 0 Å². The van der Waals surface area contributed by atoms with E-state index in [4.69, 9.17) is 10.7 Å². The normalized spacial score (nSPS) is 13.0. The fraction of sp³-hybridized carbons (Fsp3) is 0.143. The molecule has 11 heavy (non-hydrogen) atoms. The van der Waals surface area contributed by atoms with Gasteiger partial charge in [0.05, 0.1) is 0 Å². The van der Waals surface area contributed by atoms with Gasteiger partial charge in [-0.25, -0.2) is 4.39 Å². The van der Waals surface area contributed by atoms with E-state index in [1.807, 2.05) is 0 Å². The molecule has 0 fully saturated rings. The lowest BCUT2D eigenvalue weighted by Gasteiger charge is -2.01. The Labute approximate surface area is 76.2 Å². The number of hydrogen-bond donors (Lipinski definition) is 0. The van der Waals surface area contributed by atoms with E-state index in [9.17, 15) is 4.39 Å². The monoisotopic (exact) mass is 208 g/mol. The Morgan fingerprint density at radius 1 is 1.36 bits per heavy atom. The smallest absolute Gasteiger partial charge is 0.138 e. The molecular weight excluding hydrogens is 202 g/mol. The highest BCUT2D eigenvalue weighted by atomic mass is 35.7. The van der Waals surface area contributed by atoms with Gasteiger partial charge in [0.1, 0.15) is 5.91 Å². The van der Waals surface area contributed by atoms with Crippen LogP contribution in [-0.4, -0.2) is 0 Å². The van der Waals surface area contributed by atoms with Gasteiger partial charge in [-0.2, -0.15) is 0 Å². The van der Waals surface area contributed by atoms with Crippen molar-refractivity contribution in [1.29, 1.82) is 0 Å². The van der Waals surface area contributed by atoms with Crippen molar-refractivity contribution in [2.45, 2.75) is 10.8 Å². The minimum absolute atomic E-state index is 0.657. The molecule has 0 nitrogen and oxygen atoms in total. The van der Waals surface area contributed by atoms with Crippen molar-refractivity contribution in [3.05, 3.63) is 29.8 Å². The van der Waals surface area contributed by atoms with Crippen molar-refractivity contribution in [3.8, 4) is 0 Å². The number of hydrogen-bond acceptors (Lipinski definition) is 1. The molecule has 2 atom stereocenters. The van der Waals surface area contributed by atoms with E-state index in [0.29, 0.717) is 5.56 Å². The summed E-state index contributed by atoms with van der Waals surface area (Å²) >= 11 is 0. The molecule has 0 heterocycles. The van der Waals surface area contributed by atoms with Gasteiger partial charge in [0.2, 0.25) is 0 Å². The maximum atomic E-state index is 12.6. The van der Waals surface area contributed by atoms with Gasteiger partial charge < -0.3 is 0 Å². The van der Waals surface area contributed by atoms with Gasteiger partial charge in [0.25, 0.3) is 0 Å². The molecule has 0 aliphatic carbocycles. The van der Waals surface area contributed by atoms with Crippen molar-refractivity contribution in [2.75, 3.05) is 0 Å². The summed E-state index contributed by atoms with van der Waals surface area (Å²) in [4.78, 5) is 0.932. The van der Waals surface area contributed by atoms with Crippen molar-refractivity contribution >= 4 is 30.9 Å². The van der Waals surface area contributed by atoms with E-state index in [2.05, 4.69) is 9.24 Å². The summed E-state index contributed by atoms with van der Waals surface area (Å²) in [6.45, 7) is 0. The zero-order valence-electron chi connectivity index (χ0n) is 5.63. The van der Waals surface area contributed by atoms with Gasteiger partial charge in [-0.05, 0) is 39.4 Å². The standard InChI is InChI=1S/C7H7ClFPS/c8-11-6-3-1-5(2-4-6)7(9)10/h1-4,7H,10H2. The summed E-state index contributed by atoms with van der Waals surface area (Å²) in [5.74, 6) is -0.982. The van der Waals surface area contributed by atoms with Gasteiger partial charge >= 0.3 is 0 Å². The Balaban J connectivity index is 2.83. The van der Waals surface area contributed by atoms with Crippen LogP contribution >= 0.6 is 30.9 Å². The molecule has 0 amide bonds. The maximum Gasteiger partial charge on any atom is 0.138 e. The first-order chi connectivity index (χ1) is 5.24. The van der Waals surface area contributed by atoms with Crippen LogP contribution in [0.1, 0.15) is 11.5 Å². The molecule has 0 spiro atoms. The van der Waals surface area contributed by atoms with Gasteiger partial charge in [-0.1, -0.05) is 21.4 Å². The summed E-state index contributed by atoms with van der Waals surface area (Å²) in [6, 6.07) is 7.04. The van der Waals surface area contributed by atoms with Crippen LogP contribution < -0.4 is 0 Å². The highest BCUT2D eigenvalue weighted by molar-refractivity contribution is 8.21. The molecule has 0 aliphatic heterocycles. The van der Waals surface area contributed by atoms with Gasteiger partial charge in [0, 0.05) is 4.90 Å². The summed E-state index contributed by atoms with van der Waals surface area (Å²) < 4.78 is 12.6. The molecule has 1 aromatic rings. The van der Waals surface area contributed by atoms with E-state index in [-0.39, 0.29) is 0 Å². The number of benzene rings is 1. The van der Waals surface area contributed by atoms with Crippen molar-refractivity contribution in [3.63, 3.8) is 0 Å². The lowest BCUT2D eigenvalue weighted by atomic mass is 10.2. The van der Waals surface area contributed by atoms with Gasteiger partial charge in [-0.3, -0.25) is 0 Å². The van der Waals surface area contributed by atoms with Crippen molar-refractivity contribution in [1.82, 2.24) is 0 Å². The third kappa shape index (κ3) is 2.62. The molecule has 2 unspecified atom stereocenters. The summed E-state index contributed by atoms with van der Waals surface area (Å²) in [5, 5.41) is 0. The first kappa shape index (κ1) is 9.31. The average molecular weight is 209 g/mol. The van der Waals surface area contributed by atoms with Crippen LogP contribution in [0.3, 0.4) is 0 Å². The molecule has 4 heteroatoms. The number of alkyl halides is 1. The zero-order chi connectivity index (χ0) is 8.27. The third-order valence-electron chi connectivity index (χ3n) is 1.29. The van der Waals surface area contributed by atoms with Crippen LogP contribution in [0.4, 0.5) is 4.39 Å². The number of rotatable bonds is 2. The molecule has 1 aromatic carbocycles. The summed E-state index contributed by atoms with van der Waals surface area (Å²) in [6.07, 6.45) is 0. The van der Waals surface area contributed by atoms with E-state index < -0.39 is 5.91 Å². The molecule has 0 radical (unpaired) electrons. The zero-order valence-corrected chi connectivity index (χ0v) is 8.36. The highest BCUT2D eigenvalue weighted by Crippen LogP contribution is 2.27. The largest absolute Gasteiger partial charge is 0.238 e. The predicted molar refractivity (Wildman–Crippen MR) is 51.7 cm³/mol. The Kier molecular flexibility index (Phi) is 3.64. The molecule has 0 bridgehead atoms. The quantitative estimate of drug-likeness (QED) is 0.667. The highest BCUT2D eigenvalue weighted by Gasteiger charge is 2.01. The van der Waals surface area contributed by atoms with Crippen molar-refractivity contribution in [2.24, 2.45) is 0 Å². The molecule has 0 saturated carbocycles. The fourth-order valence-electron chi connectivity index (χ4n) is 0.703. The Hall–Kier alpha value is 0.220. The van der Waals surface area contributed by atoms with E-state index in [1.165, 1.54) is 0 Å². The second-order valence-corrected chi connectivity index (χ2v) is 3.72. The van der Waals surface area contributed by atoms with Crippen LogP contribution in [-0.2, 0) is 0 Å². The minimum Gasteiger partial charge on any atom is -0.238 e. The SMILES string of the molecule is FC(P)c1ccc(SCl)cc1. The van der Waals surface area contributed by atoms with E-state index in [1.54, 1.807) is 24.3 Å². The van der Waals surface area contributed by atoms with E-state index >= 15 is 0 Å². The lowest BCUT2D eigenvalue weighted by molar-refractivity contribution is 0.469. The molecule has 60 valence electrons. The fourth-order valence-corrected chi connectivity index (χ4v) is 1.47. The molecular formula is C7H7ClFPS. The molecule has 0 aromatic heterocycles. The van der Waals surface area contributed by atoms with Crippen LogP contribution in [0.25, 0.3) is 0 Å². The first-order valence-electron chi connectivity index (χ1n) is 3.02. The van der Waals surface area contributed by atoms with Crippen molar-refractivity contribution < 1.29 is 4.39 Å². The predicted octanol–water partition coefficient (Wildman–Crippen LogP) is 3.78. The summed E-state index contributed by atoms with van der Waals surface area (Å²) in [5.41, 5.74) is 0.657. The molecule has 0 saturated heterocycles. The minimum atomic E-state index is -0.982. The summed E-state index contributed by atoms with van der Waals surface area (Å²) in [7, 11) is 8.71. The third-order valence-corrected chi connectivity index (χ3v) is 2.66. The maximum absolute atomic E-state index is 12.6. The van der Waals surface area contributed by atoms with Gasteiger partial charge in [0.15, 0.2) is 0 Å². The Morgan fingerprint density at radius 2 is 1.91 bits per heavy atom. The van der Waals surface area contributed by atoms with Crippen LogP contribution in [0, 0.1) is 0 Å². The molecule has 0 N–H and O–H groups in total. The average Bonchev–Trinajstić information content (AvgIpc) is 2.05. The topological polar surface area (TPSA) is 0 Å². The first-order valence-corrected chi connectivity index (χ1v) is 5.33. The molecule has 0 aliphatic rings. The van der Waals surface area contributed by atoms with Crippen LogP contribution in [0.5, 0.6) is 0 Å². The van der Waals surface area contributed by atoms with E-state index in [0.717, 1.165) is 15.9 Å². The lowest BCUT2D eigenvalue weighted by Crippen LogP contribution is -1.79. The van der Waals surface area contributed by atoms with Crippen LogP contribution in [0.15, 0.2) is 29.2 Å². The second kappa shape index (κ2) is 4.30. The Morgan fingerprint density at radius 3 is 2.27 bits per heavy atom.